The number of nitrogens with two attached hydrogens (primary N) is 1. The van der Waals surface area contributed by atoms with Crippen molar-refractivity contribution in [3.05, 3.63) is 29.8 Å². The predicted molar refractivity (Wildman–Crippen MR) is 49.8 cm³/mol. The van der Waals surface area contributed by atoms with E-state index in [0.29, 0.717) is 5.56 Å². The van der Waals surface area contributed by atoms with Crippen molar-refractivity contribution in [1.29, 1.82) is 0 Å². The van der Waals surface area contributed by atoms with E-state index in [1.54, 1.807) is 18.2 Å². The molecule has 58 valence electrons. The molecule has 2 nitrogen and oxygen atoms in total. The maximum atomic E-state index is 10.7. The van der Waals surface area contributed by atoms with Gasteiger partial charge in [0.1, 0.15) is 0 Å². The Morgan fingerprint density at radius 1 is 1.55 bits per heavy atom. The normalized spacial score (nSPS) is 9.55. The first-order valence-corrected chi connectivity index (χ1v) is 4.82. The molecule has 1 rings (SSSR count). The van der Waals surface area contributed by atoms with E-state index >= 15 is 0 Å². The molecule has 0 fully saturated rings. The molecule has 0 saturated carbocycles. The fourth-order valence-electron chi connectivity index (χ4n) is 0.706. The van der Waals surface area contributed by atoms with E-state index < -0.39 is 5.91 Å². The summed E-state index contributed by atoms with van der Waals surface area (Å²) in [7, 11) is 1.29. The van der Waals surface area contributed by atoms with Crippen molar-refractivity contribution >= 4 is 28.4 Å². The lowest BCUT2D eigenvalue weighted by Crippen LogP contribution is -2.10. The Morgan fingerprint density at radius 2 is 2.27 bits per heavy atom. The molecule has 4 heteroatoms. The molecular formula is C7H7NOS2. The number of benzene rings is 1. The molecule has 0 spiro atoms. The number of hydrogen-bond donors (Lipinski definition) is 2. The summed E-state index contributed by atoms with van der Waals surface area (Å²) in [5, 5.41) is 0. The number of amides is 1. The number of hydrogen-bond acceptors (Lipinski definition) is 3. The quantitative estimate of drug-likeness (QED) is 0.544. The zero-order valence-corrected chi connectivity index (χ0v) is 7.36. The highest BCUT2D eigenvalue weighted by molar-refractivity contribution is 8.68. The SMILES string of the molecule is NC(=O)c1cccc(SS)c1. The van der Waals surface area contributed by atoms with Crippen LogP contribution < -0.4 is 5.73 Å². The van der Waals surface area contributed by atoms with Crippen LogP contribution in [-0.4, -0.2) is 5.91 Å². The van der Waals surface area contributed by atoms with Gasteiger partial charge >= 0.3 is 0 Å². The monoisotopic (exact) mass is 185 g/mol. The van der Waals surface area contributed by atoms with Crippen LogP contribution in [0, 0.1) is 0 Å². The van der Waals surface area contributed by atoms with E-state index in [9.17, 15) is 4.79 Å². The van der Waals surface area contributed by atoms with Crippen molar-refractivity contribution < 1.29 is 4.79 Å². The fourth-order valence-corrected chi connectivity index (χ4v) is 1.37. The molecule has 2 N–H and O–H groups in total. The fraction of sp³-hybridized carbons (Fsp3) is 0. The predicted octanol–water partition coefficient (Wildman–Crippen LogP) is 1.72. The standard InChI is InChI=1S/C7H7NOS2/c8-7(9)5-2-1-3-6(4-5)11-10/h1-4,10H,(H2,8,9). The largest absolute Gasteiger partial charge is 0.366 e. The van der Waals surface area contributed by atoms with E-state index in [2.05, 4.69) is 11.7 Å². The van der Waals surface area contributed by atoms with Crippen LogP contribution in [0.3, 0.4) is 0 Å². The van der Waals surface area contributed by atoms with Crippen LogP contribution in [0.25, 0.3) is 0 Å². The highest BCUT2D eigenvalue weighted by atomic mass is 33.1. The highest BCUT2D eigenvalue weighted by Crippen LogP contribution is 2.21. The third-order valence-corrected chi connectivity index (χ3v) is 2.32. The third kappa shape index (κ3) is 2.17. The van der Waals surface area contributed by atoms with Crippen LogP contribution in [0.2, 0.25) is 0 Å². The van der Waals surface area contributed by atoms with E-state index in [1.165, 1.54) is 10.8 Å². The minimum atomic E-state index is -0.408. The van der Waals surface area contributed by atoms with E-state index in [4.69, 9.17) is 5.73 Å². The molecule has 0 aliphatic carbocycles. The average Bonchev–Trinajstić information content (AvgIpc) is 2.05. The number of primary amides is 1. The van der Waals surface area contributed by atoms with Crippen LogP contribution >= 0.6 is 22.5 Å². The molecule has 0 heterocycles. The smallest absolute Gasteiger partial charge is 0.248 e. The summed E-state index contributed by atoms with van der Waals surface area (Å²) in [6, 6.07) is 7.03. The molecule has 0 aliphatic heterocycles. The summed E-state index contributed by atoms with van der Waals surface area (Å²) in [5.41, 5.74) is 5.58. The van der Waals surface area contributed by atoms with E-state index in [1.807, 2.05) is 6.07 Å². The highest BCUT2D eigenvalue weighted by Gasteiger charge is 1.99. The molecule has 1 aromatic carbocycles. The van der Waals surface area contributed by atoms with Gasteiger partial charge in [0.2, 0.25) is 5.91 Å². The lowest BCUT2D eigenvalue weighted by molar-refractivity contribution is 0.1000. The minimum Gasteiger partial charge on any atom is -0.366 e. The van der Waals surface area contributed by atoms with E-state index in [0.717, 1.165) is 4.90 Å². The number of thiol groups is 1. The lowest BCUT2D eigenvalue weighted by atomic mass is 10.2. The number of rotatable bonds is 2. The molecule has 0 bridgehead atoms. The van der Waals surface area contributed by atoms with Gasteiger partial charge in [0.15, 0.2) is 0 Å². The topological polar surface area (TPSA) is 43.1 Å². The van der Waals surface area contributed by atoms with Gasteiger partial charge in [0.05, 0.1) is 0 Å². The van der Waals surface area contributed by atoms with E-state index in [-0.39, 0.29) is 0 Å². The Hall–Kier alpha value is -0.610. The molecule has 0 atom stereocenters. The Morgan fingerprint density at radius 3 is 2.82 bits per heavy atom. The Balaban J connectivity index is 3.01. The van der Waals surface area contributed by atoms with Crippen LogP contribution in [0.4, 0.5) is 0 Å². The van der Waals surface area contributed by atoms with Gasteiger partial charge in [0.25, 0.3) is 0 Å². The molecule has 1 aromatic rings. The molecule has 1 amide bonds. The van der Waals surface area contributed by atoms with Crippen molar-refractivity contribution in [3.63, 3.8) is 0 Å². The first-order chi connectivity index (χ1) is 5.24. The maximum Gasteiger partial charge on any atom is 0.248 e. The van der Waals surface area contributed by atoms with Gasteiger partial charge in [0, 0.05) is 10.5 Å². The van der Waals surface area contributed by atoms with Crippen LogP contribution in [0.1, 0.15) is 10.4 Å². The molecule has 0 aromatic heterocycles. The molecule has 0 saturated heterocycles. The Kier molecular flexibility index (Phi) is 2.84. The van der Waals surface area contributed by atoms with Crippen molar-refractivity contribution in [3.8, 4) is 0 Å². The van der Waals surface area contributed by atoms with Crippen LogP contribution in [0.15, 0.2) is 29.2 Å². The summed E-state index contributed by atoms with van der Waals surface area (Å²) in [6.45, 7) is 0. The van der Waals surface area contributed by atoms with Gasteiger partial charge in [-0.25, -0.2) is 0 Å². The molecule has 11 heavy (non-hydrogen) atoms. The molecular weight excluding hydrogens is 178 g/mol. The van der Waals surface area contributed by atoms with Gasteiger partial charge < -0.3 is 5.73 Å². The summed E-state index contributed by atoms with van der Waals surface area (Å²) >= 11 is 3.99. The lowest BCUT2D eigenvalue weighted by Gasteiger charge is -1.96. The zero-order valence-electron chi connectivity index (χ0n) is 5.65. The minimum absolute atomic E-state index is 0.408. The van der Waals surface area contributed by atoms with Gasteiger partial charge in [-0.3, -0.25) is 4.79 Å². The van der Waals surface area contributed by atoms with Crippen molar-refractivity contribution in [2.24, 2.45) is 5.73 Å². The molecule has 0 radical (unpaired) electrons. The second kappa shape index (κ2) is 3.69. The molecule has 0 aliphatic rings. The summed E-state index contributed by atoms with van der Waals surface area (Å²) in [6.07, 6.45) is 0. The van der Waals surface area contributed by atoms with Gasteiger partial charge in [-0.15, -0.1) is 11.7 Å². The molecule has 0 unspecified atom stereocenters. The zero-order chi connectivity index (χ0) is 8.27. The van der Waals surface area contributed by atoms with Gasteiger partial charge in [-0.1, -0.05) is 16.9 Å². The third-order valence-electron chi connectivity index (χ3n) is 1.22. The van der Waals surface area contributed by atoms with Crippen molar-refractivity contribution in [2.45, 2.75) is 4.90 Å². The second-order valence-corrected chi connectivity index (χ2v) is 3.19. The number of carbonyl (C=O) groups excluding carboxylic acids is 1. The van der Waals surface area contributed by atoms with Gasteiger partial charge in [-0.05, 0) is 18.2 Å². The first-order valence-electron chi connectivity index (χ1n) is 2.95. The summed E-state index contributed by atoms with van der Waals surface area (Å²) < 4.78 is 0. The second-order valence-electron chi connectivity index (χ2n) is 1.98. The Labute approximate surface area is 74.0 Å². The van der Waals surface area contributed by atoms with Crippen LogP contribution in [0.5, 0.6) is 0 Å². The van der Waals surface area contributed by atoms with Gasteiger partial charge in [-0.2, -0.15) is 0 Å². The first kappa shape index (κ1) is 8.49. The summed E-state index contributed by atoms with van der Waals surface area (Å²) in [4.78, 5) is 11.6. The Bertz CT molecular complexity index is 275. The van der Waals surface area contributed by atoms with Crippen molar-refractivity contribution in [1.82, 2.24) is 0 Å². The maximum absolute atomic E-state index is 10.7. The average molecular weight is 185 g/mol. The van der Waals surface area contributed by atoms with Crippen molar-refractivity contribution in [2.75, 3.05) is 0 Å². The summed E-state index contributed by atoms with van der Waals surface area (Å²) in [5.74, 6) is -0.408. The van der Waals surface area contributed by atoms with Crippen LogP contribution in [-0.2, 0) is 0 Å². The number of carbonyl (C=O) groups is 1.